The lowest BCUT2D eigenvalue weighted by Crippen LogP contribution is -2.38. The smallest absolute Gasteiger partial charge is 0.353 e. The van der Waals surface area contributed by atoms with Gasteiger partial charge in [0.1, 0.15) is 6.04 Å². The van der Waals surface area contributed by atoms with Gasteiger partial charge < -0.3 is 10.2 Å². The summed E-state index contributed by atoms with van der Waals surface area (Å²) in [6.07, 6.45) is -4.56. The molecule has 0 saturated carbocycles. The first-order chi connectivity index (χ1) is 10.6. The fourth-order valence-electron chi connectivity index (χ4n) is 2.19. The van der Waals surface area contributed by atoms with Crippen molar-refractivity contribution >= 4 is 21.8 Å². The molecule has 0 aliphatic rings. The van der Waals surface area contributed by atoms with Gasteiger partial charge in [-0.1, -0.05) is 13.8 Å². The first-order valence-corrected chi connectivity index (χ1v) is 8.24. The third kappa shape index (κ3) is 4.94. The molecule has 5 nitrogen and oxygen atoms in total. The van der Waals surface area contributed by atoms with Crippen LogP contribution >= 0.6 is 15.9 Å². The first kappa shape index (κ1) is 20.0. The molecule has 132 valence electrons. The second-order valence-corrected chi connectivity index (χ2v) is 5.98. The minimum Gasteiger partial charge on any atom is -0.353 e. The van der Waals surface area contributed by atoms with Gasteiger partial charge in [0, 0.05) is 13.1 Å². The Kier molecular flexibility index (Phi) is 7.06. The summed E-state index contributed by atoms with van der Waals surface area (Å²) in [6.45, 7) is 9.96. The summed E-state index contributed by atoms with van der Waals surface area (Å²) in [4.78, 5) is 14.3. The quantitative estimate of drug-likeness (QED) is 0.767. The molecule has 0 fully saturated rings. The minimum absolute atomic E-state index is 0.132. The van der Waals surface area contributed by atoms with Crippen LogP contribution in [0.2, 0.25) is 0 Å². The molecule has 23 heavy (non-hydrogen) atoms. The van der Waals surface area contributed by atoms with E-state index in [2.05, 4.69) is 31.2 Å². The summed E-state index contributed by atoms with van der Waals surface area (Å²) >= 11 is 2.90. The van der Waals surface area contributed by atoms with Gasteiger partial charge in [0.25, 0.3) is 0 Å². The largest absolute Gasteiger partial charge is 0.436 e. The molecule has 1 rings (SSSR count). The molecule has 1 N–H and O–H groups in total. The van der Waals surface area contributed by atoms with Crippen LogP contribution in [0.15, 0.2) is 4.47 Å². The maximum atomic E-state index is 12.9. The Balaban J connectivity index is 2.77. The van der Waals surface area contributed by atoms with Crippen molar-refractivity contribution in [2.24, 2.45) is 0 Å². The second-order valence-electron chi connectivity index (χ2n) is 5.18. The third-order valence-corrected chi connectivity index (χ3v) is 4.66. The molecule has 0 aromatic carbocycles. The first-order valence-electron chi connectivity index (χ1n) is 7.45. The molecule has 1 amide bonds. The molecule has 1 heterocycles. The topological polar surface area (TPSA) is 50.2 Å². The van der Waals surface area contributed by atoms with E-state index in [0.717, 1.165) is 17.8 Å². The van der Waals surface area contributed by atoms with Crippen molar-refractivity contribution < 1.29 is 18.0 Å². The Hall–Kier alpha value is -1.09. The number of hydrogen-bond acceptors (Lipinski definition) is 3. The summed E-state index contributed by atoms with van der Waals surface area (Å²) in [6, 6.07) is -0.820. The minimum atomic E-state index is -4.56. The maximum absolute atomic E-state index is 12.9. The molecule has 9 heteroatoms. The predicted octanol–water partition coefficient (Wildman–Crippen LogP) is 2.99. The van der Waals surface area contributed by atoms with Crippen LogP contribution in [0.4, 0.5) is 13.2 Å². The molecule has 0 aliphatic heterocycles. The van der Waals surface area contributed by atoms with Crippen molar-refractivity contribution in [1.29, 1.82) is 0 Å². The van der Waals surface area contributed by atoms with Gasteiger partial charge in [-0.25, -0.2) is 0 Å². The number of amides is 1. The Bertz CT molecular complexity index is 541. The molecule has 1 aromatic rings. The maximum Gasteiger partial charge on any atom is 0.436 e. The summed E-state index contributed by atoms with van der Waals surface area (Å²) in [5.74, 6) is -0.357. The van der Waals surface area contributed by atoms with Crippen LogP contribution in [0.5, 0.6) is 0 Å². The van der Waals surface area contributed by atoms with Crippen molar-refractivity contribution in [3.63, 3.8) is 0 Å². The fourth-order valence-corrected chi connectivity index (χ4v) is 2.68. The Morgan fingerprint density at radius 3 is 2.39 bits per heavy atom. The van der Waals surface area contributed by atoms with E-state index in [1.807, 2.05) is 13.8 Å². The Morgan fingerprint density at radius 1 is 1.39 bits per heavy atom. The van der Waals surface area contributed by atoms with Crippen LogP contribution in [0, 0.1) is 6.92 Å². The molecule has 0 saturated heterocycles. The summed E-state index contributed by atoms with van der Waals surface area (Å²) < 4.78 is 39.6. The second kappa shape index (κ2) is 8.14. The van der Waals surface area contributed by atoms with Gasteiger partial charge in [0.05, 0.1) is 10.2 Å². The summed E-state index contributed by atoms with van der Waals surface area (Å²) in [5.41, 5.74) is -0.749. The number of hydrogen-bond donors (Lipinski definition) is 1. The molecule has 1 atom stereocenters. The van der Waals surface area contributed by atoms with Crippen molar-refractivity contribution in [1.82, 2.24) is 20.0 Å². The summed E-state index contributed by atoms with van der Waals surface area (Å²) in [5, 5.41) is 6.29. The van der Waals surface area contributed by atoms with E-state index in [4.69, 9.17) is 0 Å². The van der Waals surface area contributed by atoms with Gasteiger partial charge in [-0.3, -0.25) is 9.48 Å². The van der Waals surface area contributed by atoms with E-state index >= 15 is 0 Å². The van der Waals surface area contributed by atoms with Gasteiger partial charge in [0.15, 0.2) is 5.69 Å². The molecule has 0 aliphatic carbocycles. The van der Waals surface area contributed by atoms with Gasteiger partial charge in [0.2, 0.25) is 5.91 Å². The van der Waals surface area contributed by atoms with Crippen LogP contribution in [0.1, 0.15) is 38.2 Å². The van der Waals surface area contributed by atoms with Gasteiger partial charge in [-0.2, -0.15) is 18.3 Å². The number of nitrogens with zero attached hydrogens (tertiary/aromatic N) is 3. The van der Waals surface area contributed by atoms with E-state index in [1.165, 1.54) is 13.8 Å². The molecule has 0 bridgehead atoms. The van der Waals surface area contributed by atoms with Gasteiger partial charge >= 0.3 is 6.18 Å². The highest BCUT2D eigenvalue weighted by Gasteiger charge is 2.38. The summed E-state index contributed by atoms with van der Waals surface area (Å²) in [7, 11) is 0. The highest BCUT2D eigenvalue weighted by Crippen LogP contribution is 2.36. The molecule has 0 radical (unpaired) electrons. The molecular weight excluding hydrogens is 377 g/mol. The van der Waals surface area contributed by atoms with Crippen molar-refractivity contribution in [2.45, 2.75) is 39.9 Å². The fraction of sp³-hybridized carbons (Fsp3) is 0.714. The predicted molar refractivity (Wildman–Crippen MR) is 85.2 cm³/mol. The number of carbonyl (C=O) groups excluding carboxylic acids is 1. The average molecular weight is 399 g/mol. The number of nitrogens with one attached hydrogen (secondary N) is 1. The zero-order chi connectivity index (χ0) is 17.8. The molecule has 1 aromatic heterocycles. The number of halogens is 4. The van der Waals surface area contributed by atoms with E-state index in [1.54, 1.807) is 0 Å². The van der Waals surface area contributed by atoms with Gasteiger partial charge in [-0.15, -0.1) is 0 Å². The lowest BCUT2D eigenvalue weighted by molar-refractivity contribution is -0.142. The van der Waals surface area contributed by atoms with Gasteiger partial charge in [-0.05, 0) is 42.9 Å². The van der Waals surface area contributed by atoms with E-state index in [-0.39, 0.29) is 16.1 Å². The highest BCUT2D eigenvalue weighted by molar-refractivity contribution is 9.10. The monoisotopic (exact) mass is 398 g/mol. The standard InChI is InChI=1S/C14H22BrF3N4O/c1-5-21(6-2)8-7-19-13(23)10(4)22-9(3)11(15)12(20-22)14(16,17)18/h10H,5-8H2,1-4H3,(H,19,23). The zero-order valence-electron chi connectivity index (χ0n) is 13.7. The number of carbonyl (C=O) groups is 1. The third-order valence-electron chi connectivity index (χ3n) is 3.71. The van der Waals surface area contributed by atoms with Crippen LogP contribution in [-0.2, 0) is 11.0 Å². The average Bonchev–Trinajstić information content (AvgIpc) is 2.79. The lowest BCUT2D eigenvalue weighted by Gasteiger charge is -2.19. The molecule has 1 unspecified atom stereocenters. The SMILES string of the molecule is CCN(CC)CCNC(=O)C(C)n1nc(C(F)(F)F)c(Br)c1C. The zero-order valence-corrected chi connectivity index (χ0v) is 15.3. The lowest BCUT2D eigenvalue weighted by atomic mass is 10.3. The Labute approximate surface area is 142 Å². The van der Waals surface area contributed by atoms with E-state index in [9.17, 15) is 18.0 Å². The van der Waals surface area contributed by atoms with Crippen LogP contribution < -0.4 is 5.32 Å². The number of likely N-dealkylation sites (N-methyl/N-ethyl adjacent to an activating group) is 1. The van der Waals surface area contributed by atoms with Crippen LogP contribution in [0.25, 0.3) is 0 Å². The number of rotatable bonds is 7. The Morgan fingerprint density at radius 2 is 1.96 bits per heavy atom. The van der Waals surface area contributed by atoms with E-state index in [0.29, 0.717) is 13.1 Å². The normalized spacial score (nSPS) is 13.4. The molecule has 0 spiro atoms. The molecular formula is C14H22BrF3N4O. The van der Waals surface area contributed by atoms with Crippen molar-refractivity contribution in [3.05, 3.63) is 15.9 Å². The van der Waals surface area contributed by atoms with Crippen molar-refractivity contribution in [3.8, 4) is 0 Å². The van der Waals surface area contributed by atoms with Crippen molar-refractivity contribution in [2.75, 3.05) is 26.2 Å². The highest BCUT2D eigenvalue weighted by atomic mass is 79.9. The van der Waals surface area contributed by atoms with E-state index < -0.39 is 17.9 Å². The number of aromatic nitrogens is 2. The van der Waals surface area contributed by atoms with Crippen LogP contribution in [-0.4, -0.2) is 46.8 Å². The van der Waals surface area contributed by atoms with Crippen LogP contribution in [0.3, 0.4) is 0 Å². The number of alkyl halides is 3.